The summed E-state index contributed by atoms with van der Waals surface area (Å²) in [5.74, 6) is -4.16. The van der Waals surface area contributed by atoms with Gasteiger partial charge in [0.05, 0.1) is 18.6 Å². The normalized spacial score (nSPS) is 27.1. The van der Waals surface area contributed by atoms with Gasteiger partial charge in [0.15, 0.2) is 5.78 Å². The highest BCUT2D eigenvalue weighted by molar-refractivity contribution is 6.30. The van der Waals surface area contributed by atoms with Gasteiger partial charge in [-0.2, -0.15) is 5.26 Å². The summed E-state index contributed by atoms with van der Waals surface area (Å²) < 4.78 is 5.12. The Hall–Kier alpha value is -2.68. The lowest BCUT2D eigenvalue weighted by Crippen LogP contribution is -2.51. The molecule has 6 heteroatoms. The number of ether oxygens (including phenoxy) is 1. The van der Waals surface area contributed by atoms with Crippen LogP contribution in [0.5, 0.6) is 0 Å². The van der Waals surface area contributed by atoms with Gasteiger partial charge < -0.3 is 9.84 Å². The number of hydrogen-bond donors (Lipinski definition) is 1. The van der Waals surface area contributed by atoms with Crippen LogP contribution < -0.4 is 0 Å². The number of nitrogens with zero attached hydrogens (tertiary/aromatic N) is 1. The maximum absolute atomic E-state index is 13.0. The third-order valence-corrected chi connectivity index (χ3v) is 5.48. The summed E-state index contributed by atoms with van der Waals surface area (Å²) in [6.45, 7) is 1.78. The molecule has 0 heterocycles. The predicted octanol–water partition coefficient (Wildman–Crippen LogP) is 3.60. The zero-order valence-electron chi connectivity index (χ0n) is 15.3. The molecular formula is C22H20ClNO4. The van der Waals surface area contributed by atoms with E-state index in [4.69, 9.17) is 16.3 Å². The molecule has 0 aromatic heterocycles. The van der Waals surface area contributed by atoms with E-state index >= 15 is 0 Å². The molecule has 0 spiro atoms. The minimum absolute atomic E-state index is 0.121. The number of halogens is 1. The van der Waals surface area contributed by atoms with Crippen molar-refractivity contribution in [2.45, 2.75) is 24.9 Å². The van der Waals surface area contributed by atoms with Gasteiger partial charge in [0.25, 0.3) is 0 Å². The van der Waals surface area contributed by atoms with Crippen molar-refractivity contribution >= 4 is 23.4 Å². The molecule has 28 heavy (non-hydrogen) atoms. The molecule has 0 radical (unpaired) electrons. The summed E-state index contributed by atoms with van der Waals surface area (Å²) in [6, 6.07) is 17.4. The van der Waals surface area contributed by atoms with Gasteiger partial charge >= 0.3 is 5.97 Å². The molecule has 5 nitrogen and oxygen atoms in total. The molecule has 3 rings (SSSR count). The molecule has 0 aliphatic heterocycles. The Morgan fingerprint density at radius 3 is 2.46 bits per heavy atom. The van der Waals surface area contributed by atoms with E-state index in [2.05, 4.69) is 6.07 Å². The molecule has 1 aliphatic carbocycles. The molecular weight excluding hydrogens is 378 g/mol. The van der Waals surface area contributed by atoms with Gasteiger partial charge in [-0.05, 0) is 30.2 Å². The predicted molar refractivity (Wildman–Crippen MR) is 103 cm³/mol. The summed E-state index contributed by atoms with van der Waals surface area (Å²) in [4.78, 5) is 25.6. The number of rotatable bonds is 4. The van der Waals surface area contributed by atoms with Gasteiger partial charge in [0.2, 0.25) is 0 Å². The summed E-state index contributed by atoms with van der Waals surface area (Å²) in [5.41, 5.74) is -0.659. The number of esters is 1. The van der Waals surface area contributed by atoms with E-state index in [1.54, 1.807) is 61.5 Å². The highest BCUT2D eigenvalue weighted by Gasteiger charge is 2.56. The van der Waals surface area contributed by atoms with Crippen molar-refractivity contribution in [1.82, 2.24) is 0 Å². The first-order valence-electron chi connectivity index (χ1n) is 9.04. The third kappa shape index (κ3) is 3.54. The van der Waals surface area contributed by atoms with Gasteiger partial charge in [-0.25, -0.2) is 0 Å². The van der Waals surface area contributed by atoms with Gasteiger partial charge in [-0.1, -0.05) is 54.1 Å². The van der Waals surface area contributed by atoms with E-state index in [1.165, 1.54) is 0 Å². The van der Waals surface area contributed by atoms with Gasteiger partial charge in [0.1, 0.15) is 11.5 Å². The molecule has 0 bridgehead atoms. The Balaban J connectivity index is 2.16. The smallest absolute Gasteiger partial charge is 0.317 e. The molecule has 1 fully saturated rings. The van der Waals surface area contributed by atoms with Crippen LogP contribution in [0.15, 0.2) is 54.6 Å². The molecule has 0 saturated heterocycles. The minimum Gasteiger partial charge on any atom is -0.465 e. The van der Waals surface area contributed by atoms with Gasteiger partial charge in [-0.15, -0.1) is 0 Å². The van der Waals surface area contributed by atoms with Crippen molar-refractivity contribution in [3.63, 3.8) is 0 Å². The molecule has 1 N–H and O–H groups in total. The summed E-state index contributed by atoms with van der Waals surface area (Å²) >= 11 is 5.98. The van der Waals surface area contributed by atoms with Crippen LogP contribution >= 0.6 is 11.6 Å². The number of benzene rings is 2. The first-order chi connectivity index (χ1) is 13.4. The quantitative estimate of drug-likeness (QED) is 0.629. The van der Waals surface area contributed by atoms with Crippen molar-refractivity contribution in [3.8, 4) is 6.07 Å². The van der Waals surface area contributed by atoms with Gasteiger partial charge in [0, 0.05) is 17.4 Å². The fourth-order valence-corrected chi connectivity index (χ4v) is 4.08. The van der Waals surface area contributed by atoms with Crippen molar-refractivity contribution in [3.05, 3.63) is 70.7 Å². The lowest BCUT2D eigenvalue weighted by Gasteiger charge is -2.44. The largest absolute Gasteiger partial charge is 0.465 e. The number of nitriles is 1. The number of carbonyl (C=O) groups excluding carboxylic acids is 2. The topological polar surface area (TPSA) is 87.4 Å². The Kier molecular flexibility index (Phi) is 5.83. The Morgan fingerprint density at radius 1 is 1.25 bits per heavy atom. The fourth-order valence-electron chi connectivity index (χ4n) is 3.95. The molecule has 1 aliphatic rings. The van der Waals surface area contributed by atoms with Crippen molar-refractivity contribution in [2.75, 3.05) is 6.61 Å². The zero-order chi connectivity index (χ0) is 20.3. The highest BCUT2D eigenvalue weighted by Crippen LogP contribution is 2.50. The van der Waals surface area contributed by atoms with Crippen molar-refractivity contribution in [1.29, 1.82) is 5.26 Å². The van der Waals surface area contributed by atoms with E-state index in [0.717, 1.165) is 0 Å². The van der Waals surface area contributed by atoms with Crippen LogP contribution in [-0.4, -0.2) is 23.5 Å². The SMILES string of the molecule is CCOC(=O)[C@@H]1C(=O)C[C@](O)(c2ccccc2)[C@@H](C#N)[C@@H]1c1ccc(Cl)cc1. The second-order valence-electron chi connectivity index (χ2n) is 6.85. The number of ketones is 1. The molecule has 0 unspecified atom stereocenters. The molecule has 0 amide bonds. The molecule has 2 aromatic rings. The van der Waals surface area contributed by atoms with Crippen LogP contribution in [0.3, 0.4) is 0 Å². The molecule has 144 valence electrons. The summed E-state index contributed by atoms with van der Waals surface area (Å²) in [7, 11) is 0. The maximum atomic E-state index is 13.0. The first kappa shape index (κ1) is 20.1. The van der Waals surface area contributed by atoms with E-state index in [9.17, 15) is 20.0 Å². The molecule has 1 saturated carbocycles. The van der Waals surface area contributed by atoms with E-state index in [-0.39, 0.29) is 13.0 Å². The number of hydrogen-bond acceptors (Lipinski definition) is 5. The second kappa shape index (κ2) is 8.14. The van der Waals surface area contributed by atoms with E-state index in [1.807, 2.05) is 0 Å². The molecule has 2 aromatic carbocycles. The van der Waals surface area contributed by atoms with E-state index < -0.39 is 35.1 Å². The third-order valence-electron chi connectivity index (χ3n) is 5.23. The van der Waals surface area contributed by atoms with Crippen LogP contribution in [0, 0.1) is 23.2 Å². The van der Waals surface area contributed by atoms with Crippen molar-refractivity contribution in [2.24, 2.45) is 11.8 Å². The lowest BCUT2D eigenvalue weighted by atomic mass is 9.60. The van der Waals surface area contributed by atoms with Crippen LogP contribution in [-0.2, 0) is 19.9 Å². The Morgan fingerprint density at radius 2 is 1.89 bits per heavy atom. The van der Waals surface area contributed by atoms with Gasteiger partial charge in [-0.3, -0.25) is 9.59 Å². The first-order valence-corrected chi connectivity index (χ1v) is 9.42. The Bertz CT molecular complexity index is 906. The average Bonchev–Trinajstić information content (AvgIpc) is 2.69. The number of carbonyl (C=O) groups is 2. The van der Waals surface area contributed by atoms with Crippen LogP contribution in [0.4, 0.5) is 0 Å². The summed E-state index contributed by atoms with van der Waals surface area (Å²) in [5, 5.41) is 21.9. The monoisotopic (exact) mass is 397 g/mol. The van der Waals surface area contributed by atoms with Crippen LogP contribution in [0.2, 0.25) is 5.02 Å². The van der Waals surface area contributed by atoms with E-state index in [0.29, 0.717) is 16.1 Å². The zero-order valence-corrected chi connectivity index (χ0v) is 16.1. The summed E-state index contributed by atoms with van der Waals surface area (Å²) in [6.07, 6.45) is -0.331. The number of aliphatic hydroxyl groups is 1. The fraction of sp³-hybridized carbons (Fsp3) is 0.318. The lowest BCUT2D eigenvalue weighted by molar-refractivity contribution is -0.161. The average molecular weight is 398 g/mol. The number of Topliss-reactive ketones (excluding diaryl/α,β-unsaturated/α-hetero) is 1. The minimum atomic E-state index is -1.71. The maximum Gasteiger partial charge on any atom is 0.317 e. The van der Waals surface area contributed by atoms with Crippen LogP contribution in [0.1, 0.15) is 30.4 Å². The highest BCUT2D eigenvalue weighted by atomic mass is 35.5. The Labute approximate surface area is 168 Å². The standard InChI is InChI=1S/C22H20ClNO4/c1-2-28-21(26)20-18(25)12-22(27,15-6-4-3-5-7-15)17(13-24)19(20)14-8-10-16(23)11-9-14/h3-11,17,19-20,27H,2,12H2,1H3/t17-,19-,20+,22-/m0/s1. The van der Waals surface area contributed by atoms with Crippen LogP contribution in [0.25, 0.3) is 0 Å². The van der Waals surface area contributed by atoms with Crippen molar-refractivity contribution < 1.29 is 19.4 Å². The molecule has 4 atom stereocenters. The second-order valence-corrected chi connectivity index (χ2v) is 7.28.